The van der Waals surface area contributed by atoms with Crippen LogP contribution in [0, 0.1) is 5.92 Å². The van der Waals surface area contributed by atoms with Gasteiger partial charge in [-0.3, -0.25) is 5.43 Å². The molecule has 0 aliphatic heterocycles. The van der Waals surface area contributed by atoms with Crippen LogP contribution in [0.2, 0.25) is 5.02 Å². The van der Waals surface area contributed by atoms with Crippen molar-refractivity contribution in [3.8, 4) is 0 Å². The summed E-state index contributed by atoms with van der Waals surface area (Å²) >= 11 is 5.92. The number of fused-ring (bicyclic) bond motifs is 3. The van der Waals surface area contributed by atoms with Crippen molar-refractivity contribution in [2.75, 3.05) is 5.43 Å². The molecule has 5 nitrogen and oxygen atoms in total. The van der Waals surface area contributed by atoms with Gasteiger partial charge in [-0.1, -0.05) is 55.8 Å². The predicted octanol–water partition coefficient (Wildman–Crippen LogP) is 5.34. The topological polar surface area (TPSA) is 55.1 Å². The van der Waals surface area contributed by atoms with Crippen molar-refractivity contribution in [1.82, 2.24) is 14.5 Å². The molecule has 0 aliphatic carbocycles. The summed E-state index contributed by atoms with van der Waals surface area (Å²) in [7, 11) is 0. The van der Waals surface area contributed by atoms with Crippen LogP contribution in [0.25, 0.3) is 21.9 Å². The standard InChI is InChI=1S/C21H20ClN5/c1-14(2)12-27-13-23-19-20(27)17-5-3-4-6-18(17)25-21(19)26-24-11-15-7-9-16(22)10-8-15/h3-11,13-14H,12H2,1-2H3,(H,25,26)/b24-11+. The maximum absolute atomic E-state index is 5.92. The highest BCUT2D eigenvalue weighted by Crippen LogP contribution is 2.29. The number of anilines is 1. The quantitative estimate of drug-likeness (QED) is 0.377. The van der Waals surface area contributed by atoms with Crippen LogP contribution in [0.1, 0.15) is 19.4 Å². The van der Waals surface area contributed by atoms with Gasteiger partial charge in [-0.05, 0) is 29.7 Å². The number of nitrogens with one attached hydrogen (secondary N) is 1. The summed E-state index contributed by atoms with van der Waals surface area (Å²) in [6.45, 7) is 5.30. The van der Waals surface area contributed by atoms with Crippen LogP contribution in [0.4, 0.5) is 5.82 Å². The second kappa shape index (κ2) is 7.37. The Bertz CT molecular complexity index is 1110. The number of rotatable bonds is 5. The third-order valence-corrected chi connectivity index (χ3v) is 4.52. The summed E-state index contributed by atoms with van der Waals surface area (Å²) in [6, 6.07) is 15.6. The molecule has 4 aromatic rings. The molecular formula is C21H20ClN5. The van der Waals surface area contributed by atoms with Crippen LogP contribution in [-0.4, -0.2) is 20.7 Å². The Morgan fingerprint density at radius 3 is 2.70 bits per heavy atom. The molecule has 0 radical (unpaired) electrons. The lowest BCUT2D eigenvalue weighted by molar-refractivity contribution is 0.533. The summed E-state index contributed by atoms with van der Waals surface area (Å²) < 4.78 is 2.19. The number of hydrogen-bond donors (Lipinski definition) is 1. The molecule has 2 aromatic heterocycles. The highest BCUT2D eigenvalue weighted by atomic mass is 35.5. The fourth-order valence-electron chi connectivity index (χ4n) is 3.11. The van der Waals surface area contributed by atoms with E-state index in [0.29, 0.717) is 16.8 Å². The predicted molar refractivity (Wildman–Crippen MR) is 113 cm³/mol. The average molecular weight is 378 g/mol. The van der Waals surface area contributed by atoms with Crippen molar-refractivity contribution in [3.05, 3.63) is 65.4 Å². The molecule has 6 heteroatoms. The minimum absolute atomic E-state index is 0.522. The second-order valence-corrected chi connectivity index (χ2v) is 7.32. The number of benzene rings is 2. The van der Waals surface area contributed by atoms with E-state index in [1.807, 2.05) is 48.8 Å². The Morgan fingerprint density at radius 2 is 1.93 bits per heavy atom. The lowest BCUT2D eigenvalue weighted by Crippen LogP contribution is -2.03. The van der Waals surface area contributed by atoms with Crippen LogP contribution >= 0.6 is 11.6 Å². The zero-order valence-corrected chi connectivity index (χ0v) is 16.0. The number of hydrazone groups is 1. The van der Waals surface area contributed by atoms with Gasteiger partial charge in [0.1, 0.15) is 5.52 Å². The van der Waals surface area contributed by atoms with Gasteiger partial charge in [0, 0.05) is 17.0 Å². The fourth-order valence-corrected chi connectivity index (χ4v) is 3.24. The Morgan fingerprint density at radius 1 is 1.15 bits per heavy atom. The highest BCUT2D eigenvalue weighted by molar-refractivity contribution is 6.30. The third kappa shape index (κ3) is 3.64. The molecule has 0 spiro atoms. The molecule has 0 saturated heterocycles. The minimum atomic E-state index is 0.522. The van der Waals surface area contributed by atoms with E-state index in [1.165, 1.54) is 0 Å². The first-order valence-corrected chi connectivity index (χ1v) is 9.28. The molecule has 27 heavy (non-hydrogen) atoms. The van der Waals surface area contributed by atoms with Crippen molar-refractivity contribution >= 4 is 45.6 Å². The Hall–Kier alpha value is -2.92. The van der Waals surface area contributed by atoms with Gasteiger partial charge >= 0.3 is 0 Å². The van der Waals surface area contributed by atoms with Gasteiger partial charge in [0.2, 0.25) is 0 Å². The van der Waals surface area contributed by atoms with E-state index in [9.17, 15) is 0 Å². The molecular weight excluding hydrogens is 358 g/mol. The van der Waals surface area contributed by atoms with E-state index < -0.39 is 0 Å². The molecule has 1 N–H and O–H groups in total. The summed E-state index contributed by atoms with van der Waals surface area (Å²) in [5, 5.41) is 6.14. The molecule has 2 aromatic carbocycles. The van der Waals surface area contributed by atoms with Crippen LogP contribution in [0.5, 0.6) is 0 Å². The molecule has 4 rings (SSSR count). The van der Waals surface area contributed by atoms with Crippen molar-refractivity contribution in [2.45, 2.75) is 20.4 Å². The average Bonchev–Trinajstić information content (AvgIpc) is 3.07. The van der Waals surface area contributed by atoms with E-state index in [2.05, 4.69) is 40.0 Å². The maximum atomic E-state index is 5.92. The molecule has 0 aliphatic rings. The first-order chi connectivity index (χ1) is 13.1. The van der Waals surface area contributed by atoms with E-state index in [-0.39, 0.29) is 0 Å². The van der Waals surface area contributed by atoms with Crippen LogP contribution in [0.15, 0.2) is 60.0 Å². The number of halogens is 1. The van der Waals surface area contributed by atoms with Crippen molar-refractivity contribution in [3.63, 3.8) is 0 Å². The van der Waals surface area contributed by atoms with Crippen LogP contribution in [0.3, 0.4) is 0 Å². The SMILES string of the molecule is CC(C)Cn1cnc2c(N/N=C/c3ccc(Cl)cc3)nc3ccccc3c21. The Kier molecular flexibility index (Phi) is 4.77. The number of pyridine rings is 1. The summed E-state index contributed by atoms with van der Waals surface area (Å²) in [5.74, 6) is 1.17. The third-order valence-electron chi connectivity index (χ3n) is 4.27. The van der Waals surface area contributed by atoms with E-state index >= 15 is 0 Å². The molecule has 0 saturated carbocycles. The number of imidazole rings is 1. The van der Waals surface area contributed by atoms with Crippen molar-refractivity contribution < 1.29 is 0 Å². The second-order valence-electron chi connectivity index (χ2n) is 6.89. The smallest absolute Gasteiger partial charge is 0.175 e. The Labute approximate surface area is 162 Å². The van der Waals surface area contributed by atoms with Crippen LogP contribution in [-0.2, 0) is 6.54 Å². The summed E-state index contributed by atoms with van der Waals surface area (Å²) in [6.07, 6.45) is 3.62. The highest BCUT2D eigenvalue weighted by Gasteiger charge is 2.14. The Balaban J connectivity index is 1.75. The van der Waals surface area contributed by atoms with Crippen LogP contribution < -0.4 is 5.43 Å². The van der Waals surface area contributed by atoms with Gasteiger partial charge in [-0.2, -0.15) is 5.10 Å². The van der Waals surface area contributed by atoms with Gasteiger partial charge in [-0.15, -0.1) is 0 Å². The van der Waals surface area contributed by atoms with E-state index in [0.717, 1.165) is 34.0 Å². The molecule has 136 valence electrons. The normalized spacial score (nSPS) is 11.9. The number of para-hydroxylation sites is 1. The molecule has 0 atom stereocenters. The molecule has 0 fully saturated rings. The van der Waals surface area contributed by atoms with Gasteiger partial charge in [0.05, 0.1) is 23.6 Å². The molecule has 0 bridgehead atoms. The van der Waals surface area contributed by atoms with Gasteiger partial charge in [-0.25, -0.2) is 9.97 Å². The number of nitrogens with zero attached hydrogens (tertiary/aromatic N) is 4. The lowest BCUT2D eigenvalue weighted by Gasteiger charge is -2.10. The first kappa shape index (κ1) is 17.5. The van der Waals surface area contributed by atoms with Gasteiger partial charge in [0.15, 0.2) is 5.82 Å². The number of aromatic nitrogens is 3. The zero-order valence-electron chi connectivity index (χ0n) is 15.2. The summed E-state index contributed by atoms with van der Waals surface area (Å²) in [4.78, 5) is 9.33. The minimum Gasteiger partial charge on any atom is -0.330 e. The first-order valence-electron chi connectivity index (χ1n) is 8.90. The lowest BCUT2D eigenvalue weighted by atomic mass is 10.1. The number of hydrogen-bond acceptors (Lipinski definition) is 4. The molecule has 2 heterocycles. The van der Waals surface area contributed by atoms with E-state index in [1.54, 1.807) is 6.21 Å². The zero-order chi connectivity index (χ0) is 18.8. The summed E-state index contributed by atoms with van der Waals surface area (Å²) in [5.41, 5.74) is 6.83. The van der Waals surface area contributed by atoms with Gasteiger partial charge in [0.25, 0.3) is 0 Å². The van der Waals surface area contributed by atoms with E-state index in [4.69, 9.17) is 16.6 Å². The van der Waals surface area contributed by atoms with Gasteiger partial charge < -0.3 is 4.57 Å². The monoisotopic (exact) mass is 377 g/mol. The largest absolute Gasteiger partial charge is 0.330 e. The van der Waals surface area contributed by atoms with Crippen molar-refractivity contribution in [2.24, 2.45) is 11.0 Å². The molecule has 0 unspecified atom stereocenters. The maximum Gasteiger partial charge on any atom is 0.175 e. The molecule has 0 amide bonds. The van der Waals surface area contributed by atoms with Crippen molar-refractivity contribution in [1.29, 1.82) is 0 Å². The fraction of sp³-hybridized carbons (Fsp3) is 0.190.